The van der Waals surface area contributed by atoms with Gasteiger partial charge in [0.25, 0.3) is 5.91 Å². The van der Waals surface area contributed by atoms with E-state index in [1.807, 2.05) is 39.0 Å². The Labute approximate surface area is 187 Å². The van der Waals surface area contributed by atoms with Crippen LogP contribution in [0.3, 0.4) is 0 Å². The first-order chi connectivity index (χ1) is 15.4. The molecular formula is C24H27N5O3. The van der Waals surface area contributed by atoms with Crippen molar-refractivity contribution in [2.75, 3.05) is 13.1 Å². The van der Waals surface area contributed by atoms with Gasteiger partial charge in [0, 0.05) is 48.4 Å². The van der Waals surface area contributed by atoms with Crippen molar-refractivity contribution in [3.8, 4) is 17.0 Å². The quantitative estimate of drug-likeness (QED) is 0.547. The molecule has 0 spiro atoms. The summed E-state index contributed by atoms with van der Waals surface area (Å²) in [5.41, 5.74) is 3.81. The minimum absolute atomic E-state index is 0.248. The van der Waals surface area contributed by atoms with E-state index in [-0.39, 0.29) is 18.1 Å². The van der Waals surface area contributed by atoms with Gasteiger partial charge >= 0.3 is 0 Å². The number of hydrogen-bond acceptors (Lipinski definition) is 7. The summed E-state index contributed by atoms with van der Waals surface area (Å²) in [5, 5.41) is 16.2. The molecule has 3 aromatic rings. The van der Waals surface area contributed by atoms with E-state index in [1.54, 1.807) is 30.7 Å². The van der Waals surface area contributed by atoms with Gasteiger partial charge in [-0.05, 0) is 50.6 Å². The molecule has 3 N–H and O–H groups in total. The van der Waals surface area contributed by atoms with Crippen LogP contribution in [0.5, 0.6) is 5.75 Å². The first kappa shape index (κ1) is 21.9. The van der Waals surface area contributed by atoms with E-state index in [1.165, 1.54) is 0 Å². The highest BCUT2D eigenvalue weighted by Crippen LogP contribution is 2.27. The van der Waals surface area contributed by atoms with Gasteiger partial charge in [-0.2, -0.15) is 0 Å². The van der Waals surface area contributed by atoms with Crippen molar-refractivity contribution >= 4 is 5.91 Å². The third-order valence-electron chi connectivity index (χ3n) is 5.44. The molecule has 32 heavy (non-hydrogen) atoms. The molecule has 8 nitrogen and oxygen atoms in total. The zero-order valence-electron chi connectivity index (χ0n) is 18.4. The molecule has 0 saturated carbocycles. The van der Waals surface area contributed by atoms with Crippen LogP contribution in [-0.2, 0) is 0 Å². The largest absolute Gasteiger partial charge is 0.486 e. The predicted molar refractivity (Wildman–Crippen MR) is 120 cm³/mol. The van der Waals surface area contributed by atoms with Crippen LogP contribution in [0.25, 0.3) is 11.3 Å². The molecule has 3 heterocycles. The molecule has 3 atom stereocenters. The Morgan fingerprint density at radius 1 is 1.12 bits per heavy atom. The number of carbonyl (C=O) groups excluding carboxylic acids is 1. The summed E-state index contributed by atoms with van der Waals surface area (Å²) in [4.78, 5) is 26.0. The topological polar surface area (TPSA) is 109 Å². The van der Waals surface area contributed by atoms with Gasteiger partial charge in [0.05, 0.1) is 11.7 Å². The Morgan fingerprint density at radius 2 is 1.91 bits per heavy atom. The maximum atomic E-state index is 13.1. The van der Waals surface area contributed by atoms with Gasteiger partial charge in [0.2, 0.25) is 0 Å². The molecule has 4 rings (SSSR count). The lowest BCUT2D eigenvalue weighted by molar-refractivity contribution is 0.0736. The molecular weight excluding hydrogens is 406 g/mol. The third kappa shape index (κ3) is 5.09. The molecule has 0 radical (unpaired) electrons. The lowest BCUT2D eigenvalue weighted by atomic mass is 10.0. The second-order valence-electron chi connectivity index (χ2n) is 8.11. The van der Waals surface area contributed by atoms with Gasteiger partial charge in [-0.3, -0.25) is 9.78 Å². The summed E-state index contributed by atoms with van der Waals surface area (Å²) in [6, 6.07) is 8.94. The first-order valence-corrected chi connectivity index (χ1v) is 10.6. The van der Waals surface area contributed by atoms with E-state index in [0.29, 0.717) is 30.2 Å². The average Bonchev–Trinajstić information content (AvgIpc) is 3.18. The molecule has 1 aliphatic rings. The van der Waals surface area contributed by atoms with Crippen molar-refractivity contribution in [3.05, 3.63) is 71.4 Å². The molecule has 1 aliphatic heterocycles. The maximum Gasteiger partial charge on any atom is 0.251 e. The minimum Gasteiger partial charge on any atom is -0.486 e. The number of benzene rings is 1. The first-order valence-electron chi connectivity index (χ1n) is 10.6. The SMILES string of the molecule is Cc1ccc(-c2cc(OC3CNCC3O)cc(C(=O)N[C@H](C)c3cnc(C)nc3)c2)nc1. The number of amides is 1. The van der Waals surface area contributed by atoms with E-state index < -0.39 is 6.10 Å². The fourth-order valence-electron chi connectivity index (χ4n) is 3.51. The van der Waals surface area contributed by atoms with Crippen LogP contribution in [0.1, 0.15) is 40.3 Å². The molecule has 1 aromatic carbocycles. The highest BCUT2D eigenvalue weighted by atomic mass is 16.5. The van der Waals surface area contributed by atoms with Crippen molar-refractivity contribution < 1.29 is 14.6 Å². The Kier molecular flexibility index (Phi) is 6.43. The van der Waals surface area contributed by atoms with E-state index in [9.17, 15) is 9.90 Å². The average molecular weight is 434 g/mol. The van der Waals surface area contributed by atoms with Gasteiger partial charge in [-0.1, -0.05) is 6.07 Å². The highest BCUT2D eigenvalue weighted by Gasteiger charge is 2.27. The van der Waals surface area contributed by atoms with Crippen LogP contribution < -0.4 is 15.4 Å². The van der Waals surface area contributed by atoms with Crippen molar-refractivity contribution in [2.45, 2.75) is 39.0 Å². The van der Waals surface area contributed by atoms with E-state index in [4.69, 9.17) is 4.74 Å². The number of carbonyl (C=O) groups is 1. The molecule has 1 amide bonds. The number of aryl methyl sites for hydroxylation is 2. The van der Waals surface area contributed by atoms with E-state index in [0.717, 1.165) is 22.4 Å². The lowest BCUT2D eigenvalue weighted by Gasteiger charge is -2.19. The number of aromatic nitrogens is 3. The zero-order valence-corrected chi connectivity index (χ0v) is 18.4. The second-order valence-corrected chi connectivity index (χ2v) is 8.11. The monoisotopic (exact) mass is 433 g/mol. The summed E-state index contributed by atoms with van der Waals surface area (Å²) >= 11 is 0. The Bertz CT molecular complexity index is 1090. The number of nitrogens with one attached hydrogen (secondary N) is 2. The molecule has 1 fully saturated rings. The van der Waals surface area contributed by atoms with E-state index in [2.05, 4.69) is 25.6 Å². The summed E-state index contributed by atoms with van der Waals surface area (Å²) in [5.74, 6) is 0.937. The van der Waals surface area contributed by atoms with Gasteiger partial charge in [-0.25, -0.2) is 9.97 Å². The number of pyridine rings is 1. The summed E-state index contributed by atoms with van der Waals surface area (Å²) in [7, 11) is 0. The Hall–Kier alpha value is -3.36. The van der Waals surface area contributed by atoms with Gasteiger partial charge in [0.15, 0.2) is 0 Å². The number of rotatable bonds is 6. The standard InChI is InChI=1S/C24H27N5O3/c1-14-4-5-21(28-9-14)17-6-18(8-20(7-17)32-23-13-25-12-22(23)30)24(31)29-15(2)19-10-26-16(3)27-11-19/h4-11,15,22-23,25,30H,12-13H2,1-3H3,(H,29,31)/t15-,22?,23?/m1/s1. The molecule has 2 unspecified atom stereocenters. The normalized spacial score (nSPS) is 18.9. The predicted octanol–water partition coefficient (Wildman–Crippen LogP) is 2.36. The number of aliphatic hydroxyl groups excluding tert-OH is 1. The smallest absolute Gasteiger partial charge is 0.251 e. The van der Waals surface area contributed by atoms with Crippen LogP contribution in [0.15, 0.2) is 48.9 Å². The number of hydrogen-bond donors (Lipinski definition) is 3. The molecule has 8 heteroatoms. The molecule has 1 saturated heterocycles. The van der Waals surface area contributed by atoms with Gasteiger partial charge in [0.1, 0.15) is 23.8 Å². The van der Waals surface area contributed by atoms with Crippen molar-refractivity contribution in [2.24, 2.45) is 0 Å². The van der Waals surface area contributed by atoms with Crippen LogP contribution in [0, 0.1) is 13.8 Å². The summed E-state index contributed by atoms with van der Waals surface area (Å²) in [6.45, 7) is 6.69. The second kappa shape index (κ2) is 9.42. The van der Waals surface area contributed by atoms with Gasteiger partial charge < -0.3 is 20.5 Å². The summed E-state index contributed by atoms with van der Waals surface area (Å²) in [6.07, 6.45) is 4.23. The van der Waals surface area contributed by atoms with Crippen LogP contribution in [0.2, 0.25) is 0 Å². The minimum atomic E-state index is -0.602. The zero-order chi connectivity index (χ0) is 22.7. The summed E-state index contributed by atoms with van der Waals surface area (Å²) < 4.78 is 6.03. The van der Waals surface area contributed by atoms with Crippen LogP contribution in [0.4, 0.5) is 0 Å². The fourth-order valence-corrected chi connectivity index (χ4v) is 3.51. The third-order valence-corrected chi connectivity index (χ3v) is 5.44. The molecule has 2 aromatic heterocycles. The highest BCUT2D eigenvalue weighted by molar-refractivity contribution is 5.96. The molecule has 166 valence electrons. The molecule has 0 bridgehead atoms. The number of nitrogens with zero attached hydrogens (tertiary/aromatic N) is 3. The van der Waals surface area contributed by atoms with Gasteiger partial charge in [-0.15, -0.1) is 0 Å². The lowest BCUT2D eigenvalue weighted by Crippen LogP contribution is -2.30. The number of ether oxygens (including phenoxy) is 1. The maximum absolute atomic E-state index is 13.1. The van der Waals surface area contributed by atoms with Crippen molar-refractivity contribution in [1.82, 2.24) is 25.6 Å². The molecule has 0 aliphatic carbocycles. The van der Waals surface area contributed by atoms with Crippen molar-refractivity contribution in [1.29, 1.82) is 0 Å². The number of aliphatic hydroxyl groups is 1. The van der Waals surface area contributed by atoms with E-state index >= 15 is 0 Å². The Morgan fingerprint density at radius 3 is 2.56 bits per heavy atom. The Balaban J connectivity index is 1.62. The number of β-amino-alcohol motifs (C(OH)–C–C–N with tert-alkyl or cyclic N) is 1. The van der Waals surface area contributed by atoms with Crippen LogP contribution >= 0.6 is 0 Å². The van der Waals surface area contributed by atoms with Crippen LogP contribution in [-0.4, -0.2) is 51.3 Å². The fraction of sp³-hybridized carbons (Fsp3) is 0.333. The van der Waals surface area contributed by atoms with Crippen molar-refractivity contribution in [3.63, 3.8) is 0 Å².